The fraction of sp³-hybridized carbons (Fsp3) is 0.654. The third-order valence-corrected chi connectivity index (χ3v) is 6.95. The van der Waals surface area contributed by atoms with Crippen LogP contribution >= 0.6 is 0 Å². The summed E-state index contributed by atoms with van der Waals surface area (Å²) in [5.74, 6) is -1.61. The van der Waals surface area contributed by atoms with Gasteiger partial charge in [0.05, 0.1) is 11.0 Å². The third kappa shape index (κ3) is 7.34. The second-order valence-corrected chi connectivity index (χ2v) is 10.8. The van der Waals surface area contributed by atoms with E-state index in [2.05, 4.69) is 10.6 Å². The summed E-state index contributed by atoms with van der Waals surface area (Å²) in [7, 11) is 0. The second-order valence-electron chi connectivity index (χ2n) is 10.8. The van der Waals surface area contributed by atoms with E-state index in [1.165, 1.54) is 6.07 Å². The lowest BCUT2D eigenvalue weighted by molar-refractivity contribution is -0.157. The Hall–Kier alpha value is -2.81. The zero-order chi connectivity index (χ0) is 25.8. The molecule has 2 aliphatic carbocycles. The zero-order valence-corrected chi connectivity index (χ0v) is 21.1. The van der Waals surface area contributed by atoms with Gasteiger partial charge < -0.3 is 30.3 Å². The highest BCUT2D eigenvalue weighted by atomic mass is 16.6. The van der Waals surface area contributed by atoms with E-state index in [1.807, 2.05) is 20.8 Å². The quantitative estimate of drug-likeness (QED) is 0.275. The molecule has 0 bridgehead atoms. The number of ether oxygens (including phenoxy) is 2. The van der Waals surface area contributed by atoms with Gasteiger partial charge in [0.15, 0.2) is 11.5 Å². The van der Waals surface area contributed by atoms with Gasteiger partial charge >= 0.3 is 11.9 Å². The molecule has 194 valence electrons. The van der Waals surface area contributed by atoms with E-state index in [-0.39, 0.29) is 42.3 Å². The largest absolute Gasteiger partial charge is 0.504 e. The van der Waals surface area contributed by atoms with E-state index < -0.39 is 28.8 Å². The minimum absolute atomic E-state index is 0.0726. The summed E-state index contributed by atoms with van der Waals surface area (Å²) in [5.41, 5.74) is -0.415. The van der Waals surface area contributed by atoms with Crippen LogP contribution in [0.1, 0.15) is 75.2 Å². The topological polar surface area (TPSA) is 134 Å². The van der Waals surface area contributed by atoms with Gasteiger partial charge in [-0.3, -0.25) is 9.59 Å². The van der Waals surface area contributed by atoms with Crippen LogP contribution in [0.3, 0.4) is 0 Å². The molecule has 2 aliphatic rings. The average molecular weight is 491 g/mol. The van der Waals surface area contributed by atoms with Crippen molar-refractivity contribution >= 4 is 17.8 Å². The zero-order valence-electron chi connectivity index (χ0n) is 21.1. The fourth-order valence-electron chi connectivity index (χ4n) is 4.06. The molecule has 3 rings (SSSR count). The Morgan fingerprint density at radius 2 is 1.77 bits per heavy atom. The van der Waals surface area contributed by atoms with Crippen LogP contribution in [-0.2, 0) is 19.1 Å². The van der Waals surface area contributed by atoms with Crippen molar-refractivity contribution in [2.75, 3.05) is 19.7 Å². The van der Waals surface area contributed by atoms with Gasteiger partial charge in [-0.2, -0.15) is 0 Å². The molecule has 0 aromatic heterocycles. The number of carbonyl (C=O) groups excluding carboxylic acids is 3. The van der Waals surface area contributed by atoms with Crippen LogP contribution in [0, 0.1) is 18.3 Å². The predicted octanol–water partition coefficient (Wildman–Crippen LogP) is 2.95. The molecule has 2 saturated carbocycles. The van der Waals surface area contributed by atoms with Gasteiger partial charge in [0.1, 0.15) is 12.7 Å². The number of aryl methyl sites for hydroxylation is 1. The average Bonchev–Trinajstić information content (AvgIpc) is 3.32. The van der Waals surface area contributed by atoms with Crippen LogP contribution in [0.15, 0.2) is 12.1 Å². The fourth-order valence-corrected chi connectivity index (χ4v) is 4.06. The molecule has 0 saturated heterocycles. The van der Waals surface area contributed by atoms with Crippen LogP contribution < -0.4 is 10.6 Å². The minimum atomic E-state index is -0.736. The highest BCUT2D eigenvalue weighted by Crippen LogP contribution is 2.46. The van der Waals surface area contributed by atoms with Crippen molar-refractivity contribution in [2.24, 2.45) is 11.3 Å². The van der Waals surface area contributed by atoms with Gasteiger partial charge in [-0.1, -0.05) is 12.8 Å². The number of nitrogens with one attached hydrogen (secondary N) is 2. The van der Waals surface area contributed by atoms with E-state index in [4.69, 9.17) is 9.47 Å². The molecule has 0 aliphatic heterocycles. The Morgan fingerprint density at radius 3 is 2.40 bits per heavy atom. The van der Waals surface area contributed by atoms with Crippen molar-refractivity contribution in [1.82, 2.24) is 10.6 Å². The molecule has 1 aromatic carbocycles. The molecule has 2 fully saturated rings. The number of benzene rings is 1. The molecule has 1 amide bonds. The maximum absolute atomic E-state index is 12.6. The lowest BCUT2D eigenvalue weighted by Crippen LogP contribution is -2.53. The molecule has 9 heteroatoms. The van der Waals surface area contributed by atoms with Gasteiger partial charge in [0.2, 0.25) is 5.91 Å². The number of amides is 1. The monoisotopic (exact) mass is 490 g/mol. The van der Waals surface area contributed by atoms with Gasteiger partial charge in [0.25, 0.3) is 0 Å². The van der Waals surface area contributed by atoms with Crippen LogP contribution in [0.2, 0.25) is 0 Å². The Balaban J connectivity index is 1.57. The first-order valence-electron chi connectivity index (χ1n) is 12.3. The summed E-state index contributed by atoms with van der Waals surface area (Å²) < 4.78 is 11.1. The summed E-state index contributed by atoms with van der Waals surface area (Å²) in [5, 5.41) is 25.7. The van der Waals surface area contributed by atoms with Crippen molar-refractivity contribution in [3.05, 3.63) is 23.3 Å². The minimum Gasteiger partial charge on any atom is -0.504 e. The Morgan fingerprint density at radius 1 is 1.14 bits per heavy atom. The molecular weight excluding hydrogens is 452 g/mol. The van der Waals surface area contributed by atoms with Gasteiger partial charge in [0, 0.05) is 24.5 Å². The maximum atomic E-state index is 12.6. The number of hydrogen-bond donors (Lipinski definition) is 4. The molecule has 0 radical (unpaired) electrons. The number of carbonyl (C=O) groups is 3. The van der Waals surface area contributed by atoms with Gasteiger partial charge in [-0.15, -0.1) is 0 Å². The number of phenols is 2. The van der Waals surface area contributed by atoms with Crippen molar-refractivity contribution in [3.63, 3.8) is 0 Å². The van der Waals surface area contributed by atoms with Crippen LogP contribution in [0.4, 0.5) is 0 Å². The number of rotatable bonds is 11. The van der Waals surface area contributed by atoms with Crippen molar-refractivity contribution in [3.8, 4) is 11.5 Å². The normalized spacial score (nSPS) is 18.1. The number of esters is 2. The number of aromatic hydroxyl groups is 2. The molecule has 0 heterocycles. The first-order valence-corrected chi connectivity index (χ1v) is 12.3. The SMILES string of the molecule is Cc1cc(O)c(O)cc1C(=O)OC[C@H](CNC(C)(C)CNC(=O)C1CCCC1)OC(=O)C1(C)CC1. The standard InChI is InChI=1S/C26H38N2O7/c1-16-11-20(29)21(30)12-19(16)23(32)34-14-18(35-24(33)26(4)9-10-26)13-28-25(2,3)15-27-22(31)17-7-5-6-8-17/h11-12,17-18,28-30H,5-10,13-15H2,1-4H3,(H,27,31)/t18-/m0/s1. The van der Waals surface area contributed by atoms with Crippen molar-refractivity contribution < 1.29 is 34.1 Å². The van der Waals surface area contributed by atoms with E-state index in [0.717, 1.165) is 44.6 Å². The Bertz CT molecular complexity index is 949. The molecule has 4 N–H and O–H groups in total. The summed E-state index contributed by atoms with van der Waals surface area (Å²) in [6.07, 6.45) is 4.83. The molecule has 1 atom stereocenters. The molecule has 0 spiro atoms. The molecule has 35 heavy (non-hydrogen) atoms. The molecule has 9 nitrogen and oxygen atoms in total. The first-order chi connectivity index (χ1) is 16.4. The van der Waals surface area contributed by atoms with Crippen LogP contribution in [-0.4, -0.2) is 59.4 Å². The summed E-state index contributed by atoms with van der Waals surface area (Å²) >= 11 is 0. The summed E-state index contributed by atoms with van der Waals surface area (Å²) in [6.45, 7) is 7.80. The number of hydrogen-bond acceptors (Lipinski definition) is 8. The first kappa shape index (κ1) is 26.8. The van der Waals surface area contributed by atoms with Crippen LogP contribution in [0.25, 0.3) is 0 Å². The van der Waals surface area contributed by atoms with Gasteiger partial charge in [-0.05, 0) is 71.1 Å². The lowest BCUT2D eigenvalue weighted by atomic mass is 10.0. The Labute approximate surface area is 206 Å². The van der Waals surface area contributed by atoms with Crippen molar-refractivity contribution in [2.45, 2.75) is 77.9 Å². The second kappa shape index (κ2) is 10.8. The Kier molecular flexibility index (Phi) is 8.30. The summed E-state index contributed by atoms with van der Waals surface area (Å²) in [4.78, 5) is 37.6. The van der Waals surface area contributed by atoms with E-state index in [1.54, 1.807) is 6.92 Å². The van der Waals surface area contributed by atoms with Crippen LogP contribution in [0.5, 0.6) is 11.5 Å². The highest BCUT2D eigenvalue weighted by molar-refractivity contribution is 5.92. The van der Waals surface area contributed by atoms with E-state index in [0.29, 0.717) is 12.1 Å². The number of phenolic OH excluding ortho intramolecular Hbond substituents is 2. The maximum Gasteiger partial charge on any atom is 0.338 e. The lowest BCUT2D eigenvalue weighted by Gasteiger charge is -2.30. The van der Waals surface area contributed by atoms with Crippen molar-refractivity contribution in [1.29, 1.82) is 0 Å². The molecule has 0 unspecified atom stereocenters. The smallest absolute Gasteiger partial charge is 0.338 e. The van der Waals surface area contributed by atoms with E-state index in [9.17, 15) is 24.6 Å². The predicted molar refractivity (Wildman–Crippen MR) is 129 cm³/mol. The molecular formula is C26H38N2O7. The highest BCUT2D eigenvalue weighted by Gasteiger charge is 2.47. The summed E-state index contributed by atoms with van der Waals surface area (Å²) in [6, 6.07) is 2.43. The molecule has 1 aromatic rings. The third-order valence-electron chi connectivity index (χ3n) is 6.95. The van der Waals surface area contributed by atoms with Gasteiger partial charge in [-0.25, -0.2) is 4.79 Å². The van der Waals surface area contributed by atoms with E-state index >= 15 is 0 Å².